The molecule has 5 atom stereocenters. The molecule has 0 bridgehead atoms. The highest BCUT2D eigenvalue weighted by Gasteiger charge is 2.30. The van der Waals surface area contributed by atoms with Gasteiger partial charge in [0.05, 0.1) is 26.4 Å². The van der Waals surface area contributed by atoms with Crippen LogP contribution >= 0.6 is 15.6 Å². The van der Waals surface area contributed by atoms with E-state index >= 15 is 0 Å². The Labute approximate surface area is 594 Å². The summed E-state index contributed by atoms with van der Waals surface area (Å²) in [6.45, 7) is 7.32. The van der Waals surface area contributed by atoms with Crippen LogP contribution in [0.1, 0.15) is 413 Å². The van der Waals surface area contributed by atoms with Gasteiger partial charge in [-0.1, -0.05) is 362 Å². The van der Waals surface area contributed by atoms with Crippen molar-refractivity contribution in [2.45, 2.75) is 432 Å². The molecule has 2 unspecified atom stereocenters. The Hall–Kier alpha value is -1.94. The Morgan fingerprint density at radius 3 is 0.701 bits per heavy atom. The lowest BCUT2D eigenvalue weighted by atomic mass is 10.0. The molecule has 0 heterocycles. The number of aliphatic hydroxyl groups is 1. The normalized spacial score (nSPS) is 13.9. The van der Waals surface area contributed by atoms with Crippen molar-refractivity contribution in [2.24, 2.45) is 5.92 Å². The van der Waals surface area contributed by atoms with Crippen molar-refractivity contribution in [3.63, 3.8) is 0 Å². The largest absolute Gasteiger partial charge is 0.472 e. The molecule has 17 nitrogen and oxygen atoms in total. The molecule has 0 rings (SSSR count). The maximum Gasteiger partial charge on any atom is 0.472 e. The number of unbranched alkanes of at least 4 members (excludes halogenated alkanes) is 50. The van der Waals surface area contributed by atoms with Crippen molar-refractivity contribution >= 4 is 39.5 Å². The van der Waals surface area contributed by atoms with Gasteiger partial charge < -0.3 is 33.8 Å². The average Bonchev–Trinajstić information content (AvgIpc) is 1.19. The van der Waals surface area contributed by atoms with E-state index in [-0.39, 0.29) is 25.7 Å². The van der Waals surface area contributed by atoms with Crippen LogP contribution in [-0.4, -0.2) is 96.7 Å². The van der Waals surface area contributed by atoms with Gasteiger partial charge in [0, 0.05) is 25.7 Å². The van der Waals surface area contributed by atoms with E-state index < -0.39 is 97.5 Å². The molecule has 0 radical (unpaired) electrons. The fourth-order valence-corrected chi connectivity index (χ4v) is 13.6. The van der Waals surface area contributed by atoms with E-state index in [1.807, 2.05) is 0 Å². The van der Waals surface area contributed by atoms with Crippen LogP contribution in [0.3, 0.4) is 0 Å². The molecule has 0 amide bonds. The van der Waals surface area contributed by atoms with Gasteiger partial charge in [-0.05, 0) is 31.6 Å². The van der Waals surface area contributed by atoms with Crippen LogP contribution in [0, 0.1) is 5.92 Å². The summed E-state index contributed by atoms with van der Waals surface area (Å²) in [4.78, 5) is 72.8. The predicted molar refractivity (Wildman–Crippen MR) is 395 cm³/mol. The molecule has 0 saturated carbocycles. The van der Waals surface area contributed by atoms with Crippen molar-refractivity contribution in [1.29, 1.82) is 0 Å². The zero-order valence-electron chi connectivity index (χ0n) is 63.2. The summed E-state index contributed by atoms with van der Waals surface area (Å²) in [6.07, 6.45) is 61.1. The van der Waals surface area contributed by atoms with Gasteiger partial charge in [-0.2, -0.15) is 0 Å². The van der Waals surface area contributed by atoms with E-state index in [4.69, 9.17) is 37.0 Å². The number of phosphoric ester groups is 2. The Bertz CT molecular complexity index is 1860. The van der Waals surface area contributed by atoms with Crippen LogP contribution in [0.25, 0.3) is 0 Å². The molecule has 19 heteroatoms. The standard InChI is InChI=1S/C78H152O17P2/c1-6-9-12-15-18-21-23-25-30-35-38-42-47-52-57-62-76(81)89-68-74(95-78(83)64-59-54-49-44-40-36-32-29-27-26-28-31-34-37-41-45-50-55-60-71(4)5)70-93-97(86,87)91-66-72(79)65-90-96(84,85)92-69-73(67-88-75(80)61-56-51-46-20-17-14-11-8-3)94-77(82)63-58-53-48-43-39-33-24-22-19-16-13-10-7-2/h71-74,79H,6-70H2,1-5H3,(H,84,85)(H,86,87)/t72-,73+,74+/m0/s1. The van der Waals surface area contributed by atoms with E-state index in [1.54, 1.807) is 0 Å². The molecular formula is C78H152O17P2. The minimum atomic E-state index is -4.96. The average molecular weight is 1420 g/mol. The lowest BCUT2D eigenvalue weighted by Crippen LogP contribution is -2.30. The van der Waals surface area contributed by atoms with Gasteiger partial charge in [0.2, 0.25) is 0 Å². The lowest BCUT2D eigenvalue weighted by Gasteiger charge is -2.21. The monoisotopic (exact) mass is 1420 g/mol. The topological polar surface area (TPSA) is 237 Å². The maximum atomic E-state index is 13.1. The predicted octanol–water partition coefficient (Wildman–Crippen LogP) is 23.3. The third-order valence-electron chi connectivity index (χ3n) is 18.3. The number of aliphatic hydroxyl groups excluding tert-OH is 1. The van der Waals surface area contributed by atoms with Crippen LogP contribution in [0.4, 0.5) is 0 Å². The minimum Gasteiger partial charge on any atom is -0.462 e. The summed E-state index contributed by atoms with van der Waals surface area (Å²) in [7, 11) is -9.91. The summed E-state index contributed by atoms with van der Waals surface area (Å²) in [5.74, 6) is -1.29. The number of carbonyl (C=O) groups excluding carboxylic acids is 4. The molecule has 576 valence electrons. The first kappa shape index (κ1) is 95.1. The van der Waals surface area contributed by atoms with Gasteiger partial charge in [-0.25, -0.2) is 9.13 Å². The summed E-state index contributed by atoms with van der Waals surface area (Å²) in [5.41, 5.74) is 0. The fourth-order valence-electron chi connectivity index (χ4n) is 12.1. The third-order valence-corrected chi connectivity index (χ3v) is 20.2. The molecule has 0 fully saturated rings. The quantitative estimate of drug-likeness (QED) is 0.0222. The first-order valence-electron chi connectivity index (χ1n) is 40.6. The Morgan fingerprint density at radius 2 is 0.474 bits per heavy atom. The van der Waals surface area contributed by atoms with Crippen molar-refractivity contribution in [1.82, 2.24) is 0 Å². The molecule has 3 N–H and O–H groups in total. The third kappa shape index (κ3) is 72.2. The fraction of sp³-hybridized carbons (Fsp3) is 0.949. The number of hydrogen-bond acceptors (Lipinski definition) is 15. The van der Waals surface area contributed by atoms with Crippen molar-refractivity contribution in [3.05, 3.63) is 0 Å². The van der Waals surface area contributed by atoms with E-state index in [9.17, 15) is 43.2 Å². The molecule has 0 aromatic rings. The zero-order chi connectivity index (χ0) is 71.2. The molecule has 0 aromatic carbocycles. The lowest BCUT2D eigenvalue weighted by molar-refractivity contribution is -0.161. The smallest absolute Gasteiger partial charge is 0.462 e. The SMILES string of the molecule is CCCCCCCCCCCCCCCCCC(=O)OC[C@H](COP(=O)(O)OC[C@@H](O)COP(=O)(O)OC[C@@H](COC(=O)CCCCCCCCCC)OC(=O)CCCCCCCCCCCCCCC)OC(=O)CCCCCCCCCCCCCCCCCCCCC(C)C. The Morgan fingerprint density at radius 1 is 0.278 bits per heavy atom. The Balaban J connectivity index is 5.18. The molecular weight excluding hydrogens is 1270 g/mol. The van der Waals surface area contributed by atoms with Crippen molar-refractivity contribution in [2.75, 3.05) is 39.6 Å². The van der Waals surface area contributed by atoms with E-state index in [0.29, 0.717) is 25.7 Å². The van der Waals surface area contributed by atoms with E-state index in [0.717, 1.165) is 102 Å². The summed E-state index contributed by atoms with van der Waals surface area (Å²) >= 11 is 0. The maximum absolute atomic E-state index is 13.1. The van der Waals surface area contributed by atoms with Gasteiger partial charge in [0.15, 0.2) is 12.2 Å². The molecule has 0 aliphatic rings. The molecule has 0 aliphatic heterocycles. The van der Waals surface area contributed by atoms with Gasteiger partial charge in [0.1, 0.15) is 19.3 Å². The van der Waals surface area contributed by atoms with Gasteiger partial charge >= 0.3 is 39.5 Å². The van der Waals surface area contributed by atoms with Crippen LogP contribution in [-0.2, 0) is 65.4 Å². The zero-order valence-corrected chi connectivity index (χ0v) is 65.0. The van der Waals surface area contributed by atoms with Crippen LogP contribution in [0.5, 0.6) is 0 Å². The summed E-state index contributed by atoms with van der Waals surface area (Å²) < 4.78 is 68.5. The van der Waals surface area contributed by atoms with Crippen molar-refractivity contribution in [3.8, 4) is 0 Å². The van der Waals surface area contributed by atoms with Gasteiger partial charge in [0.25, 0.3) is 0 Å². The molecule has 97 heavy (non-hydrogen) atoms. The highest BCUT2D eigenvalue weighted by molar-refractivity contribution is 7.47. The van der Waals surface area contributed by atoms with Crippen molar-refractivity contribution < 1.29 is 80.2 Å². The Kier molecular flexibility index (Phi) is 69.6. The molecule has 0 aliphatic carbocycles. The number of hydrogen-bond donors (Lipinski definition) is 3. The summed E-state index contributed by atoms with van der Waals surface area (Å²) in [5, 5.41) is 10.6. The molecule has 0 saturated heterocycles. The van der Waals surface area contributed by atoms with E-state index in [2.05, 4.69) is 34.6 Å². The first-order valence-corrected chi connectivity index (χ1v) is 43.6. The van der Waals surface area contributed by atoms with Crippen LogP contribution in [0.2, 0.25) is 0 Å². The second kappa shape index (κ2) is 71.1. The minimum absolute atomic E-state index is 0.108. The molecule has 0 spiro atoms. The highest BCUT2D eigenvalue weighted by Crippen LogP contribution is 2.45. The van der Waals surface area contributed by atoms with Crippen LogP contribution in [0.15, 0.2) is 0 Å². The second-order valence-electron chi connectivity index (χ2n) is 28.6. The first-order chi connectivity index (χ1) is 47.0. The van der Waals surface area contributed by atoms with Crippen LogP contribution < -0.4 is 0 Å². The van der Waals surface area contributed by atoms with Gasteiger partial charge in [-0.3, -0.25) is 37.3 Å². The molecule has 0 aromatic heterocycles. The second-order valence-corrected chi connectivity index (χ2v) is 31.5. The van der Waals surface area contributed by atoms with Gasteiger partial charge in [-0.15, -0.1) is 0 Å². The van der Waals surface area contributed by atoms with E-state index in [1.165, 1.54) is 231 Å². The highest BCUT2D eigenvalue weighted by atomic mass is 31.2. The number of ether oxygens (including phenoxy) is 4. The number of rotatable bonds is 78. The number of carbonyl (C=O) groups is 4. The number of esters is 4. The number of phosphoric acid groups is 2. The summed E-state index contributed by atoms with van der Waals surface area (Å²) in [6, 6.07) is 0.